The second-order valence-corrected chi connectivity index (χ2v) is 6.37. The van der Waals surface area contributed by atoms with Crippen molar-refractivity contribution in [3.8, 4) is 0 Å². The van der Waals surface area contributed by atoms with Gasteiger partial charge in [0.15, 0.2) is 0 Å². The molecule has 0 bridgehead atoms. The lowest BCUT2D eigenvalue weighted by Crippen LogP contribution is -2.40. The van der Waals surface area contributed by atoms with E-state index in [1.807, 2.05) is 0 Å². The highest BCUT2D eigenvalue weighted by atomic mass is 32.2. The van der Waals surface area contributed by atoms with Gasteiger partial charge in [-0.15, -0.1) is 11.8 Å². The Bertz CT molecular complexity index is 240. The molecule has 1 rings (SSSR count). The van der Waals surface area contributed by atoms with Crippen molar-refractivity contribution in [1.82, 2.24) is 0 Å². The first-order valence-corrected chi connectivity index (χ1v) is 8.71. The second-order valence-electron chi connectivity index (χ2n) is 5.02. The summed E-state index contributed by atoms with van der Waals surface area (Å²) >= 11 is 1.78. The van der Waals surface area contributed by atoms with Crippen LogP contribution in [0.3, 0.4) is 0 Å². The van der Waals surface area contributed by atoms with E-state index in [1.165, 1.54) is 0 Å². The first kappa shape index (κ1) is 18.2. The summed E-state index contributed by atoms with van der Waals surface area (Å²) in [6.45, 7) is 9.39. The van der Waals surface area contributed by atoms with Crippen molar-refractivity contribution >= 4 is 11.8 Å². The molecule has 20 heavy (non-hydrogen) atoms. The predicted molar refractivity (Wildman–Crippen MR) is 83.3 cm³/mol. The highest BCUT2D eigenvalue weighted by molar-refractivity contribution is 8.00. The van der Waals surface area contributed by atoms with Crippen LogP contribution in [0.1, 0.15) is 40.0 Å². The zero-order valence-corrected chi connectivity index (χ0v) is 14.1. The van der Waals surface area contributed by atoms with Gasteiger partial charge in [0.25, 0.3) is 0 Å². The lowest BCUT2D eigenvalue weighted by atomic mass is 10.1. The molecule has 0 aromatic heterocycles. The molecule has 120 valence electrons. The van der Waals surface area contributed by atoms with E-state index in [-0.39, 0.29) is 17.6 Å². The minimum atomic E-state index is 0.00623. The summed E-state index contributed by atoms with van der Waals surface area (Å²) < 4.78 is 23.3. The van der Waals surface area contributed by atoms with Crippen LogP contribution < -0.4 is 0 Å². The van der Waals surface area contributed by atoms with Crippen LogP contribution in [0.25, 0.3) is 0 Å². The lowest BCUT2D eigenvalue weighted by Gasteiger charge is -2.25. The van der Waals surface area contributed by atoms with E-state index in [1.54, 1.807) is 18.9 Å². The Morgan fingerprint density at radius 3 is 2.00 bits per heavy atom. The fraction of sp³-hybridized carbons (Fsp3) is 1.00. The molecule has 1 fully saturated rings. The van der Waals surface area contributed by atoms with Crippen molar-refractivity contribution in [3.63, 3.8) is 0 Å². The minimum Gasteiger partial charge on any atom is -0.380 e. The van der Waals surface area contributed by atoms with Crippen molar-refractivity contribution < 1.29 is 18.9 Å². The van der Waals surface area contributed by atoms with E-state index in [2.05, 4.69) is 20.8 Å². The van der Waals surface area contributed by atoms with E-state index < -0.39 is 0 Å². The maximum Gasteiger partial charge on any atom is 0.132 e. The Balaban J connectivity index is 2.60. The van der Waals surface area contributed by atoms with Crippen LogP contribution in [0.4, 0.5) is 0 Å². The highest BCUT2D eigenvalue weighted by Crippen LogP contribution is 2.38. The van der Waals surface area contributed by atoms with Crippen LogP contribution in [0.2, 0.25) is 0 Å². The summed E-state index contributed by atoms with van der Waals surface area (Å²) in [6.07, 6.45) is 3.14. The normalized spacial score (nSPS) is 30.0. The van der Waals surface area contributed by atoms with Crippen LogP contribution in [0.5, 0.6) is 0 Å². The van der Waals surface area contributed by atoms with Gasteiger partial charge in [0.2, 0.25) is 0 Å². The maximum absolute atomic E-state index is 6.03. The predicted octanol–water partition coefficient (Wildman–Crippen LogP) is 3.09. The molecule has 1 unspecified atom stereocenters. The molecule has 1 saturated heterocycles. The van der Waals surface area contributed by atoms with E-state index in [4.69, 9.17) is 18.9 Å². The molecule has 0 aromatic rings. The Hall–Kier alpha value is 0.190. The van der Waals surface area contributed by atoms with Crippen molar-refractivity contribution in [1.29, 1.82) is 0 Å². The van der Waals surface area contributed by atoms with Crippen molar-refractivity contribution in [2.75, 3.05) is 33.5 Å². The third-order valence-corrected chi connectivity index (χ3v) is 4.64. The summed E-state index contributed by atoms with van der Waals surface area (Å²) in [5.41, 5.74) is 0.0404. The molecule has 0 radical (unpaired) electrons. The summed E-state index contributed by atoms with van der Waals surface area (Å²) in [4.78, 5) is 0. The largest absolute Gasteiger partial charge is 0.380 e. The van der Waals surface area contributed by atoms with Crippen molar-refractivity contribution in [2.24, 2.45) is 0 Å². The van der Waals surface area contributed by atoms with Gasteiger partial charge in [0, 0.05) is 26.9 Å². The standard InChI is InChI=1S/C15H30O4S/c1-5-8-17-11-12-13(18-9-6-2)14(19-10-7-3)15(16-4)20-12/h12-15H,5-11H2,1-4H3/t12-,13-,14+,15?/m1/s1. The van der Waals surface area contributed by atoms with Gasteiger partial charge < -0.3 is 18.9 Å². The SMILES string of the molecule is CCCOC[C@H]1SC(OC)[C@@H](OCCC)[C@@H]1OCCC. The topological polar surface area (TPSA) is 36.9 Å². The summed E-state index contributed by atoms with van der Waals surface area (Å²) in [5, 5.41) is 0.292. The quantitative estimate of drug-likeness (QED) is 0.548. The van der Waals surface area contributed by atoms with Crippen LogP contribution in [-0.2, 0) is 18.9 Å². The number of hydrogen-bond donors (Lipinski definition) is 0. The van der Waals surface area contributed by atoms with Gasteiger partial charge in [0.05, 0.1) is 11.9 Å². The zero-order valence-electron chi connectivity index (χ0n) is 13.3. The molecule has 0 N–H and O–H groups in total. The van der Waals surface area contributed by atoms with E-state index >= 15 is 0 Å². The summed E-state index contributed by atoms with van der Waals surface area (Å²) in [7, 11) is 1.74. The third kappa shape index (κ3) is 5.53. The first-order valence-electron chi connectivity index (χ1n) is 7.77. The number of methoxy groups -OCH3 is 1. The van der Waals surface area contributed by atoms with Crippen LogP contribution >= 0.6 is 11.8 Å². The number of rotatable bonds is 11. The van der Waals surface area contributed by atoms with Gasteiger partial charge >= 0.3 is 0 Å². The molecule has 0 saturated carbocycles. The molecular weight excluding hydrogens is 276 g/mol. The minimum absolute atomic E-state index is 0.00623. The van der Waals surface area contributed by atoms with Crippen LogP contribution in [-0.4, -0.2) is 56.4 Å². The monoisotopic (exact) mass is 306 g/mol. The summed E-state index contributed by atoms with van der Waals surface area (Å²) in [5.74, 6) is 0. The molecule has 4 atom stereocenters. The van der Waals surface area contributed by atoms with Gasteiger partial charge in [-0.2, -0.15) is 0 Å². The van der Waals surface area contributed by atoms with Gasteiger partial charge in [-0.25, -0.2) is 0 Å². The number of hydrogen-bond acceptors (Lipinski definition) is 5. The van der Waals surface area contributed by atoms with E-state index in [0.717, 1.165) is 39.1 Å². The fourth-order valence-electron chi connectivity index (χ4n) is 2.24. The molecular formula is C15H30O4S. The number of thioether (sulfide) groups is 1. The molecule has 1 aliphatic rings. The molecule has 1 heterocycles. The first-order chi connectivity index (χ1) is 9.78. The Kier molecular flexibility index (Phi) is 9.90. The Morgan fingerprint density at radius 1 is 0.850 bits per heavy atom. The van der Waals surface area contributed by atoms with E-state index in [0.29, 0.717) is 11.9 Å². The van der Waals surface area contributed by atoms with Gasteiger partial charge in [0.1, 0.15) is 17.6 Å². The molecule has 5 heteroatoms. The zero-order chi connectivity index (χ0) is 14.8. The van der Waals surface area contributed by atoms with Crippen molar-refractivity contribution in [2.45, 2.75) is 62.9 Å². The van der Waals surface area contributed by atoms with Crippen LogP contribution in [0, 0.1) is 0 Å². The molecule has 0 aromatic carbocycles. The fourth-order valence-corrected chi connectivity index (χ4v) is 3.65. The van der Waals surface area contributed by atoms with Gasteiger partial charge in [-0.05, 0) is 19.3 Å². The van der Waals surface area contributed by atoms with Crippen LogP contribution in [0.15, 0.2) is 0 Å². The Labute approximate surface area is 127 Å². The molecule has 0 amide bonds. The van der Waals surface area contributed by atoms with E-state index in [9.17, 15) is 0 Å². The second kappa shape index (κ2) is 10.9. The smallest absolute Gasteiger partial charge is 0.132 e. The average Bonchev–Trinajstić information content (AvgIpc) is 2.80. The van der Waals surface area contributed by atoms with Gasteiger partial charge in [-0.1, -0.05) is 20.8 Å². The average molecular weight is 306 g/mol. The third-order valence-electron chi connectivity index (χ3n) is 3.16. The summed E-state index contributed by atoms with van der Waals surface area (Å²) in [6, 6.07) is 0. The van der Waals surface area contributed by atoms with Gasteiger partial charge in [-0.3, -0.25) is 0 Å². The maximum atomic E-state index is 6.03. The molecule has 1 aliphatic heterocycles. The highest BCUT2D eigenvalue weighted by Gasteiger charge is 2.46. The lowest BCUT2D eigenvalue weighted by molar-refractivity contribution is -0.102. The number of ether oxygens (including phenoxy) is 4. The molecule has 4 nitrogen and oxygen atoms in total. The Morgan fingerprint density at radius 2 is 1.45 bits per heavy atom. The van der Waals surface area contributed by atoms with Crippen molar-refractivity contribution in [3.05, 3.63) is 0 Å². The molecule has 0 aliphatic carbocycles. The molecule has 0 spiro atoms.